The fourth-order valence-corrected chi connectivity index (χ4v) is 3.91. The highest BCUT2D eigenvalue weighted by Gasteiger charge is 2.19. The van der Waals surface area contributed by atoms with E-state index in [1.54, 1.807) is 39.5 Å². The van der Waals surface area contributed by atoms with Crippen molar-refractivity contribution < 1.29 is 9.84 Å². The van der Waals surface area contributed by atoms with Crippen molar-refractivity contribution in [1.29, 1.82) is 0 Å². The van der Waals surface area contributed by atoms with Crippen LogP contribution in [-0.2, 0) is 12.0 Å². The average Bonchev–Trinajstić information content (AvgIpc) is 2.80. The van der Waals surface area contributed by atoms with Crippen molar-refractivity contribution in [1.82, 2.24) is 15.0 Å². The van der Waals surface area contributed by atoms with Crippen molar-refractivity contribution in [3.05, 3.63) is 77.5 Å². The molecule has 7 heteroatoms. The first-order chi connectivity index (χ1) is 15.7. The molecule has 0 saturated heterocycles. The number of methoxy groups -OCH3 is 1. The lowest BCUT2D eigenvalue weighted by Crippen LogP contribution is -2.19. The van der Waals surface area contributed by atoms with E-state index in [4.69, 9.17) is 16.3 Å². The molecule has 2 N–H and O–H groups in total. The quantitative estimate of drug-likeness (QED) is 0.371. The van der Waals surface area contributed by atoms with Gasteiger partial charge in [0.2, 0.25) is 0 Å². The third-order valence-corrected chi connectivity index (χ3v) is 5.73. The normalized spacial score (nSPS) is 12.5. The molecule has 4 aromatic rings. The molecule has 0 aliphatic carbocycles. The lowest BCUT2D eigenvalue weighted by Gasteiger charge is -2.19. The molecule has 0 saturated carbocycles. The van der Waals surface area contributed by atoms with Crippen LogP contribution in [0.2, 0.25) is 5.02 Å². The van der Waals surface area contributed by atoms with Gasteiger partial charge in [-0.05, 0) is 62.6 Å². The molecule has 0 radical (unpaired) electrons. The summed E-state index contributed by atoms with van der Waals surface area (Å²) in [6.45, 7) is 5.45. The van der Waals surface area contributed by atoms with Gasteiger partial charge in [-0.3, -0.25) is 4.98 Å². The molecule has 0 aliphatic rings. The molecular formula is C26H27ClN4O2. The smallest absolute Gasteiger partial charge is 0.159 e. The molecule has 2 heterocycles. The molecule has 0 spiro atoms. The lowest BCUT2D eigenvalue weighted by molar-refractivity contribution is 0.0687. The number of nitrogens with one attached hydrogen (secondary N) is 1. The second-order valence-corrected chi connectivity index (χ2v) is 9.07. The van der Waals surface area contributed by atoms with Gasteiger partial charge in [0.15, 0.2) is 5.82 Å². The van der Waals surface area contributed by atoms with E-state index in [0.717, 1.165) is 39.9 Å². The molecule has 4 rings (SSSR count). The molecular weight excluding hydrogens is 436 g/mol. The largest absolute Gasteiger partial charge is 0.497 e. The third kappa shape index (κ3) is 5.24. The second-order valence-electron chi connectivity index (χ2n) is 8.67. The predicted octanol–water partition coefficient (Wildman–Crippen LogP) is 5.62. The van der Waals surface area contributed by atoms with Crippen molar-refractivity contribution in [3.63, 3.8) is 0 Å². The monoisotopic (exact) mass is 462 g/mol. The first-order valence-electron chi connectivity index (χ1n) is 10.8. The first-order valence-corrected chi connectivity index (χ1v) is 11.2. The lowest BCUT2D eigenvalue weighted by atomic mass is 10.0. The zero-order chi connectivity index (χ0) is 23.6. The van der Waals surface area contributed by atoms with Crippen molar-refractivity contribution >= 4 is 28.2 Å². The van der Waals surface area contributed by atoms with Gasteiger partial charge in [0.1, 0.15) is 11.4 Å². The van der Waals surface area contributed by atoms with Gasteiger partial charge in [-0.1, -0.05) is 29.8 Å². The summed E-state index contributed by atoms with van der Waals surface area (Å²) in [6, 6.07) is 14.2. The van der Waals surface area contributed by atoms with E-state index in [0.29, 0.717) is 10.8 Å². The number of hydrogen-bond donors (Lipinski definition) is 2. The Morgan fingerprint density at radius 2 is 1.70 bits per heavy atom. The maximum atomic E-state index is 10.1. The molecule has 2 aromatic carbocycles. The minimum Gasteiger partial charge on any atom is -0.497 e. The van der Waals surface area contributed by atoms with Gasteiger partial charge in [-0.2, -0.15) is 0 Å². The van der Waals surface area contributed by atoms with Crippen LogP contribution in [0.25, 0.3) is 22.0 Å². The minimum atomic E-state index is -1.09. The van der Waals surface area contributed by atoms with Crippen LogP contribution in [0.4, 0.5) is 5.69 Å². The van der Waals surface area contributed by atoms with Crippen molar-refractivity contribution in [2.24, 2.45) is 0 Å². The van der Waals surface area contributed by atoms with Crippen LogP contribution >= 0.6 is 11.6 Å². The summed E-state index contributed by atoms with van der Waals surface area (Å²) in [5.41, 5.74) is 3.60. The summed E-state index contributed by atoms with van der Waals surface area (Å²) in [5.74, 6) is 1.22. The minimum absolute atomic E-state index is 0.138. The molecule has 0 fully saturated rings. The number of rotatable bonds is 7. The van der Waals surface area contributed by atoms with Crippen LogP contribution in [-0.4, -0.2) is 33.2 Å². The maximum Gasteiger partial charge on any atom is 0.159 e. The number of aromatic nitrogens is 3. The van der Waals surface area contributed by atoms with E-state index >= 15 is 0 Å². The van der Waals surface area contributed by atoms with Crippen LogP contribution < -0.4 is 10.1 Å². The second kappa shape index (κ2) is 9.33. The Balaban J connectivity index is 1.63. The molecule has 0 aliphatic heterocycles. The van der Waals surface area contributed by atoms with Gasteiger partial charge in [0.25, 0.3) is 0 Å². The Kier molecular flexibility index (Phi) is 6.49. The Labute approximate surface area is 198 Å². The molecule has 0 amide bonds. The van der Waals surface area contributed by atoms with Crippen molar-refractivity contribution in [2.45, 2.75) is 38.8 Å². The fourth-order valence-electron chi connectivity index (χ4n) is 3.70. The summed E-state index contributed by atoms with van der Waals surface area (Å²) >= 11 is 6.57. The molecule has 33 heavy (non-hydrogen) atoms. The van der Waals surface area contributed by atoms with E-state index < -0.39 is 5.60 Å². The zero-order valence-electron chi connectivity index (χ0n) is 19.1. The van der Waals surface area contributed by atoms with E-state index in [2.05, 4.69) is 39.3 Å². The van der Waals surface area contributed by atoms with Gasteiger partial charge in [0.05, 0.1) is 23.3 Å². The van der Waals surface area contributed by atoms with Gasteiger partial charge >= 0.3 is 0 Å². The Hall–Kier alpha value is -3.22. The molecule has 1 unspecified atom stereocenters. The first kappa shape index (κ1) is 23.0. The van der Waals surface area contributed by atoms with Gasteiger partial charge in [-0.15, -0.1) is 0 Å². The highest BCUT2D eigenvalue weighted by Crippen LogP contribution is 2.33. The van der Waals surface area contributed by atoms with Crippen LogP contribution in [0.3, 0.4) is 0 Å². The van der Waals surface area contributed by atoms with Crippen molar-refractivity contribution in [3.8, 4) is 16.9 Å². The van der Waals surface area contributed by atoms with E-state index in [1.165, 1.54) is 5.56 Å². The third-order valence-electron chi connectivity index (χ3n) is 5.45. The molecule has 0 bridgehead atoms. The number of anilines is 1. The number of nitrogens with zero attached hydrogens (tertiary/aromatic N) is 3. The zero-order valence-corrected chi connectivity index (χ0v) is 19.9. The summed E-state index contributed by atoms with van der Waals surface area (Å²) in [4.78, 5) is 13.1. The van der Waals surface area contributed by atoms with Gasteiger partial charge in [0, 0.05) is 35.6 Å². The Morgan fingerprint density at radius 1 is 1.00 bits per heavy atom. The molecule has 170 valence electrons. The number of halogens is 1. The van der Waals surface area contributed by atoms with Crippen LogP contribution in [0, 0.1) is 0 Å². The summed E-state index contributed by atoms with van der Waals surface area (Å²) in [7, 11) is 1.66. The highest BCUT2D eigenvalue weighted by atomic mass is 35.5. The van der Waals surface area contributed by atoms with E-state index in [9.17, 15) is 5.11 Å². The van der Waals surface area contributed by atoms with Crippen LogP contribution in [0.5, 0.6) is 5.75 Å². The van der Waals surface area contributed by atoms with Gasteiger partial charge in [-0.25, -0.2) is 9.97 Å². The molecule has 1 atom stereocenters. The Bertz CT molecular complexity index is 1250. The molecule has 6 nitrogen and oxygen atoms in total. The number of pyridine rings is 1. The number of benzene rings is 2. The van der Waals surface area contributed by atoms with Crippen molar-refractivity contribution in [2.75, 3.05) is 12.4 Å². The number of aliphatic hydroxyl groups is 1. The maximum absolute atomic E-state index is 10.1. The SMILES string of the molecule is COc1ccc(CC(C)Nc2c(Cl)cnc3ccc(-c4cnc(C(C)(C)O)nc4)cc23)cc1. The standard InChI is InChI=1S/C26H27ClN4O2/c1-16(11-17-5-8-20(33-4)9-6-17)31-24-21-12-18(7-10-23(21)28-15-22(24)27)19-13-29-25(30-14-19)26(2,3)32/h5-10,12-16,32H,11H2,1-4H3,(H,28,31). The van der Waals surface area contributed by atoms with Crippen LogP contribution in [0.1, 0.15) is 32.2 Å². The fraction of sp³-hybridized carbons (Fsp3) is 0.269. The van der Waals surface area contributed by atoms with Crippen LogP contribution in [0.15, 0.2) is 61.1 Å². The average molecular weight is 463 g/mol. The predicted molar refractivity (Wildman–Crippen MR) is 133 cm³/mol. The van der Waals surface area contributed by atoms with E-state index in [-0.39, 0.29) is 6.04 Å². The van der Waals surface area contributed by atoms with E-state index in [1.807, 2.05) is 30.3 Å². The molecule has 2 aromatic heterocycles. The van der Waals surface area contributed by atoms with Gasteiger partial charge < -0.3 is 15.2 Å². The number of fused-ring (bicyclic) bond motifs is 1. The summed E-state index contributed by atoms with van der Waals surface area (Å²) in [5, 5.41) is 15.2. The number of ether oxygens (including phenoxy) is 1. The topological polar surface area (TPSA) is 80.2 Å². The Morgan fingerprint density at radius 3 is 2.33 bits per heavy atom. The highest BCUT2D eigenvalue weighted by molar-refractivity contribution is 6.34. The summed E-state index contributed by atoms with van der Waals surface area (Å²) < 4.78 is 5.24. The summed E-state index contributed by atoms with van der Waals surface area (Å²) in [6.07, 6.45) is 5.95. The number of hydrogen-bond acceptors (Lipinski definition) is 6.